The van der Waals surface area contributed by atoms with E-state index in [9.17, 15) is 14.7 Å². The van der Waals surface area contributed by atoms with Crippen molar-refractivity contribution in [2.24, 2.45) is 17.3 Å². The van der Waals surface area contributed by atoms with Crippen LogP contribution >= 0.6 is 0 Å². The highest BCUT2D eigenvalue weighted by Gasteiger charge is 2.50. The van der Waals surface area contributed by atoms with E-state index in [2.05, 4.69) is 0 Å². The Morgan fingerprint density at radius 2 is 1.63 bits per heavy atom. The smallest absolute Gasteiger partial charge is 0.310 e. The lowest BCUT2D eigenvalue weighted by atomic mass is 9.67. The highest BCUT2D eigenvalue weighted by molar-refractivity contribution is 5.84. The Morgan fingerprint density at radius 1 is 1.16 bits per heavy atom. The SMILES string of the molecule is CC(C(=O)OC(C)(C)C)C(C)(C(=O)O)C1CCCC1. The molecule has 0 aromatic rings. The Morgan fingerprint density at radius 3 is 2.00 bits per heavy atom. The Bertz CT molecular complexity index is 350. The summed E-state index contributed by atoms with van der Waals surface area (Å²) in [6.45, 7) is 8.77. The van der Waals surface area contributed by atoms with Gasteiger partial charge in [-0.2, -0.15) is 0 Å². The van der Waals surface area contributed by atoms with Crippen molar-refractivity contribution in [2.75, 3.05) is 0 Å². The first-order chi connectivity index (χ1) is 8.59. The maximum atomic E-state index is 12.2. The molecule has 0 aliphatic heterocycles. The van der Waals surface area contributed by atoms with Crippen molar-refractivity contribution < 1.29 is 19.4 Å². The molecule has 1 fully saturated rings. The number of esters is 1. The van der Waals surface area contributed by atoms with Crippen LogP contribution < -0.4 is 0 Å². The Kier molecular flexibility index (Phi) is 4.64. The predicted octanol–water partition coefficient (Wildman–Crippen LogP) is 3.25. The number of hydrogen-bond donors (Lipinski definition) is 1. The largest absolute Gasteiger partial charge is 0.481 e. The standard InChI is InChI=1S/C15H26O4/c1-10(12(16)19-14(2,3)4)15(5,13(17)18)11-8-6-7-9-11/h10-11H,6-9H2,1-5H3,(H,17,18). The highest BCUT2D eigenvalue weighted by Crippen LogP contribution is 2.45. The fraction of sp³-hybridized carbons (Fsp3) is 0.867. The number of hydrogen-bond acceptors (Lipinski definition) is 3. The third kappa shape index (κ3) is 3.48. The lowest BCUT2D eigenvalue weighted by molar-refractivity contribution is -0.174. The van der Waals surface area contributed by atoms with Gasteiger partial charge in [-0.05, 0) is 46.5 Å². The quantitative estimate of drug-likeness (QED) is 0.796. The van der Waals surface area contributed by atoms with Gasteiger partial charge in [0.2, 0.25) is 0 Å². The first-order valence-electron chi connectivity index (χ1n) is 7.05. The molecule has 19 heavy (non-hydrogen) atoms. The van der Waals surface area contributed by atoms with E-state index in [1.54, 1.807) is 34.6 Å². The third-order valence-corrected chi connectivity index (χ3v) is 4.32. The first-order valence-corrected chi connectivity index (χ1v) is 7.05. The summed E-state index contributed by atoms with van der Waals surface area (Å²) in [5, 5.41) is 9.60. The molecule has 4 heteroatoms. The summed E-state index contributed by atoms with van der Waals surface area (Å²) in [7, 11) is 0. The van der Waals surface area contributed by atoms with E-state index in [0.29, 0.717) is 0 Å². The predicted molar refractivity (Wildman–Crippen MR) is 72.7 cm³/mol. The van der Waals surface area contributed by atoms with Crippen LogP contribution in [-0.4, -0.2) is 22.6 Å². The number of carbonyl (C=O) groups excluding carboxylic acids is 1. The molecule has 2 unspecified atom stereocenters. The molecule has 0 aromatic carbocycles. The number of carboxylic acid groups (broad SMARTS) is 1. The molecule has 0 heterocycles. The van der Waals surface area contributed by atoms with E-state index in [1.165, 1.54) is 0 Å². The van der Waals surface area contributed by atoms with Crippen LogP contribution in [0.15, 0.2) is 0 Å². The third-order valence-electron chi connectivity index (χ3n) is 4.32. The van der Waals surface area contributed by atoms with E-state index >= 15 is 0 Å². The van der Waals surface area contributed by atoms with Crippen molar-refractivity contribution in [1.29, 1.82) is 0 Å². The minimum atomic E-state index is -1.03. The Hall–Kier alpha value is -1.06. The van der Waals surface area contributed by atoms with Crippen LogP contribution in [0.2, 0.25) is 0 Å². The van der Waals surface area contributed by atoms with Crippen molar-refractivity contribution >= 4 is 11.9 Å². The van der Waals surface area contributed by atoms with Gasteiger partial charge in [0.1, 0.15) is 5.60 Å². The summed E-state index contributed by atoms with van der Waals surface area (Å²) in [4.78, 5) is 23.9. The molecule has 0 spiro atoms. The molecule has 4 nitrogen and oxygen atoms in total. The topological polar surface area (TPSA) is 63.6 Å². The zero-order chi connectivity index (χ0) is 14.8. The molecular formula is C15H26O4. The van der Waals surface area contributed by atoms with Gasteiger partial charge in [0.15, 0.2) is 0 Å². The van der Waals surface area contributed by atoms with Gasteiger partial charge >= 0.3 is 11.9 Å². The van der Waals surface area contributed by atoms with Crippen LogP contribution in [0.25, 0.3) is 0 Å². The van der Waals surface area contributed by atoms with Gasteiger partial charge in [-0.25, -0.2) is 0 Å². The molecule has 0 saturated heterocycles. The summed E-state index contributed by atoms with van der Waals surface area (Å²) in [5.74, 6) is -1.87. The summed E-state index contributed by atoms with van der Waals surface area (Å²) >= 11 is 0. The number of rotatable bonds is 4. The van der Waals surface area contributed by atoms with Crippen LogP contribution in [0.3, 0.4) is 0 Å². The van der Waals surface area contributed by atoms with Gasteiger partial charge in [0.25, 0.3) is 0 Å². The Balaban J connectivity index is 2.92. The maximum Gasteiger partial charge on any atom is 0.310 e. The van der Waals surface area contributed by atoms with Crippen LogP contribution in [0.4, 0.5) is 0 Å². The average Bonchev–Trinajstić information content (AvgIpc) is 2.77. The lowest BCUT2D eigenvalue weighted by Crippen LogP contribution is -2.45. The van der Waals surface area contributed by atoms with Gasteiger partial charge in [0.05, 0.1) is 11.3 Å². The number of carbonyl (C=O) groups is 2. The molecule has 110 valence electrons. The molecule has 0 aromatic heterocycles. The van der Waals surface area contributed by atoms with Crippen LogP contribution in [0.5, 0.6) is 0 Å². The second-order valence-electron chi connectivity index (χ2n) is 6.82. The minimum absolute atomic E-state index is 0.0625. The van der Waals surface area contributed by atoms with Crippen molar-refractivity contribution in [3.05, 3.63) is 0 Å². The summed E-state index contributed by atoms with van der Waals surface area (Å²) in [6, 6.07) is 0. The van der Waals surface area contributed by atoms with E-state index < -0.39 is 28.9 Å². The average molecular weight is 270 g/mol. The summed E-state index contributed by atoms with van der Waals surface area (Å²) < 4.78 is 5.35. The summed E-state index contributed by atoms with van der Waals surface area (Å²) in [5.41, 5.74) is -1.61. The van der Waals surface area contributed by atoms with E-state index in [0.717, 1.165) is 25.7 Å². The molecule has 1 N–H and O–H groups in total. The molecule has 1 aliphatic rings. The van der Waals surface area contributed by atoms with Gasteiger partial charge in [-0.3, -0.25) is 9.59 Å². The van der Waals surface area contributed by atoms with Crippen molar-refractivity contribution in [1.82, 2.24) is 0 Å². The molecule has 0 amide bonds. The fourth-order valence-corrected chi connectivity index (χ4v) is 2.87. The van der Waals surface area contributed by atoms with Gasteiger partial charge in [0, 0.05) is 0 Å². The van der Waals surface area contributed by atoms with Crippen molar-refractivity contribution in [3.8, 4) is 0 Å². The Labute approximate surface area is 115 Å². The van der Waals surface area contributed by atoms with E-state index in [-0.39, 0.29) is 5.92 Å². The second kappa shape index (κ2) is 5.51. The zero-order valence-corrected chi connectivity index (χ0v) is 12.7. The highest BCUT2D eigenvalue weighted by atomic mass is 16.6. The molecule has 1 aliphatic carbocycles. The molecule has 0 radical (unpaired) electrons. The van der Waals surface area contributed by atoms with E-state index in [1.807, 2.05) is 0 Å². The molecule has 1 saturated carbocycles. The maximum absolute atomic E-state index is 12.2. The van der Waals surface area contributed by atoms with Crippen LogP contribution in [-0.2, 0) is 14.3 Å². The number of aliphatic carboxylic acids is 1. The van der Waals surface area contributed by atoms with E-state index in [4.69, 9.17) is 4.74 Å². The van der Waals surface area contributed by atoms with Gasteiger partial charge < -0.3 is 9.84 Å². The first kappa shape index (κ1) is 16.0. The van der Waals surface area contributed by atoms with Crippen molar-refractivity contribution in [3.63, 3.8) is 0 Å². The molecule has 2 atom stereocenters. The van der Waals surface area contributed by atoms with Gasteiger partial charge in [-0.15, -0.1) is 0 Å². The second-order valence-corrected chi connectivity index (χ2v) is 6.82. The van der Waals surface area contributed by atoms with Crippen molar-refractivity contribution in [2.45, 2.75) is 65.9 Å². The van der Waals surface area contributed by atoms with Crippen LogP contribution in [0.1, 0.15) is 60.3 Å². The lowest BCUT2D eigenvalue weighted by Gasteiger charge is -2.36. The number of ether oxygens (including phenoxy) is 1. The summed E-state index contributed by atoms with van der Waals surface area (Å²) in [6.07, 6.45) is 3.87. The minimum Gasteiger partial charge on any atom is -0.481 e. The fourth-order valence-electron chi connectivity index (χ4n) is 2.87. The number of carboxylic acids is 1. The molecule has 1 rings (SSSR count). The van der Waals surface area contributed by atoms with Crippen LogP contribution in [0, 0.1) is 17.3 Å². The monoisotopic (exact) mass is 270 g/mol. The van der Waals surface area contributed by atoms with Gasteiger partial charge in [-0.1, -0.05) is 19.8 Å². The zero-order valence-electron chi connectivity index (χ0n) is 12.7. The normalized spacial score (nSPS) is 21.7. The molecular weight excluding hydrogens is 244 g/mol. The molecule has 0 bridgehead atoms.